The molecule has 96 valence electrons. The molecular weight excluding hydrogens is 278 g/mol. The molecule has 0 saturated carbocycles. The van der Waals surface area contributed by atoms with Crippen molar-refractivity contribution in [2.75, 3.05) is 0 Å². The highest BCUT2D eigenvalue weighted by atomic mass is 35.5. The van der Waals surface area contributed by atoms with Gasteiger partial charge in [-0.05, 0) is 12.5 Å². The van der Waals surface area contributed by atoms with Crippen molar-refractivity contribution in [2.45, 2.75) is 25.1 Å². The third kappa shape index (κ3) is 2.68. The summed E-state index contributed by atoms with van der Waals surface area (Å²) < 4.78 is 5.05. The molecule has 1 unspecified atom stereocenters. The molecule has 1 atom stereocenters. The molecule has 0 aliphatic carbocycles. The van der Waals surface area contributed by atoms with Gasteiger partial charge in [0.1, 0.15) is 0 Å². The number of nitro groups is 1. The van der Waals surface area contributed by atoms with E-state index in [0.717, 1.165) is 24.2 Å². The standard InChI is InChI=1S/C10H10ClN3O3S/c1-2-3-6(11)9-12-10(17-13-9)7-4-5-8(18-7)14(15)16/h4-6H,2-3H2,1H3. The molecule has 0 saturated heterocycles. The maximum atomic E-state index is 10.6. The molecule has 2 aromatic heterocycles. The third-order valence-electron chi connectivity index (χ3n) is 2.25. The van der Waals surface area contributed by atoms with Gasteiger partial charge in [-0.1, -0.05) is 29.8 Å². The molecule has 6 nitrogen and oxygen atoms in total. The van der Waals surface area contributed by atoms with Crippen LogP contribution in [0.25, 0.3) is 10.8 Å². The highest BCUT2D eigenvalue weighted by Crippen LogP contribution is 2.33. The predicted octanol–water partition coefficient (Wildman–Crippen LogP) is 3.79. The zero-order chi connectivity index (χ0) is 13.1. The van der Waals surface area contributed by atoms with E-state index in [1.165, 1.54) is 6.07 Å². The van der Waals surface area contributed by atoms with Crippen molar-refractivity contribution >= 4 is 27.9 Å². The lowest BCUT2D eigenvalue weighted by Crippen LogP contribution is -1.92. The summed E-state index contributed by atoms with van der Waals surface area (Å²) >= 11 is 7.07. The Balaban J connectivity index is 2.20. The number of rotatable bonds is 5. The van der Waals surface area contributed by atoms with Crippen LogP contribution in [0.1, 0.15) is 31.0 Å². The van der Waals surface area contributed by atoms with Crippen LogP contribution in [0.4, 0.5) is 5.00 Å². The summed E-state index contributed by atoms with van der Waals surface area (Å²) in [6.07, 6.45) is 1.67. The zero-order valence-electron chi connectivity index (χ0n) is 9.50. The summed E-state index contributed by atoms with van der Waals surface area (Å²) in [6.45, 7) is 2.01. The van der Waals surface area contributed by atoms with Crippen molar-refractivity contribution in [3.8, 4) is 10.8 Å². The Hall–Kier alpha value is -1.47. The van der Waals surface area contributed by atoms with Crippen LogP contribution >= 0.6 is 22.9 Å². The van der Waals surface area contributed by atoms with Crippen molar-refractivity contribution in [3.05, 3.63) is 28.1 Å². The number of thiophene rings is 1. The average molecular weight is 288 g/mol. The first-order chi connectivity index (χ1) is 8.61. The Bertz CT molecular complexity index is 554. The zero-order valence-corrected chi connectivity index (χ0v) is 11.1. The van der Waals surface area contributed by atoms with Crippen LogP contribution in [0.3, 0.4) is 0 Å². The smallest absolute Gasteiger partial charge is 0.324 e. The molecule has 0 radical (unpaired) electrons. The van der Waals surface area contributed by atoms with E-state index in [-0.39, 0.29) is 16.3 Å². The van der Waals surface area contributed by atoms with Crippen LogP contribution in [0.5, 0.6) is 0 Å². The molecule has 0 bridgehead atoms. The topological polar surface area (TPSA) is 82.1 Å². The quantitative estimate of drug-likeness (QED) is 0.475. The van der Waals surface area contributed by atoms with Gasteiger partial charge in [-0.25, -0.2) is 0 Å². The molecule has 0 amide bonds. The summed E-state index contributed by atoms with van der Waals surface area (Å²) in [7, 11) is 0. The number of hydrogen-bond donors (Lipinski definition) is 0. The second kappa shape index (κ2) is 5.45. The number of halogens is 1. The first-order valence-electron chi connectivity index (χ1n) is 5.34. The van der Waals surface area contributed by atoms with Crippen LogP contribution in [0.2, 0.25) is 0 Å². The van der Waals surface area contributed by atoms with Crippen LogP contribution < -0.4 is 0 Å². The summed E-state index contributed by atoms with van der Waals surface area (Å²) in [4.78, 5) is 14.8. The van der Waals surface area contributed by atoms with Crippen LogP contribution in [-0.4, -0.2) is 15.1 Å². The van der Waals surface area contributed by atoms with Gasteiger partial charge in [0.15, 0.2) is 5.82 Å². The van der Waals surface area contributed by atoms with Crippen molar-refractivity contribution < 1.29 is 9.45 Å². The van der Waals surface area contributed by atoms with Crippen molar-refractivity contribution in [1.29, 1.82) is 0 Å². The molecular formula is C10H10ClN3O3S. The Labute approximate surface area is 112 Å². The van der Waals surface area contributed by atoms with E-state index in [1.54, 1.807) is 6.07 Å². The van der Waals surface area contributed by atoms with Crippen LogP contribution in [0.15, 0.2) is 16.7 Å². The van der Waals surface area contributed by atoms with Gasteiger partial charge in [-0.2, -0.15) is 4.98 Å². The van der Waals surface area contributed by atoms with Gasteiger partial charge in [-0.3, -0.25) is 10.1 Å². The second-order valence-electron chi connectivity index (χ2n) is 3.61. The monoisotopic (exact) mass is 287 g/mol. The Morgan fingerprint density at radius 3 is 3.00 bits per heavy atom. The predicted molar refractivity (Wildman–Crippen MR) is 67.8 cm³/mol. The molecule has 8 heteroatoms. The highest BCUT2D eigenvalue weighted by Gasteiger charge is 2.19. The third-order valence-corrected chi connectivity index (χ3v) is 3.68. The van der Waals surface area contributed by atoms with E-state index >= 15 is 0 Å². The van der Waals surface area contributed by atoms with Crippen molar-refractivity contribution in [1.82, 2.24) is 10.1 Å². The fraction of sp³-hybridized carbons (Fsp3) is 0.400. The number of aromatic nitrogens is 2. The van der Waals surface area contributed by atoms with E-state index in [0.29, 0.717) is 10.7 Å². The summed E-state index contributed by atoms with van der Waals surface area (Å²) in [6, 6.07) is 3.00. The minimum Gasteiger partial charge on any atom is -0.333 e. The van der Waals surface area contributed by atoms with Crippen LogP contribution in [0, 0.1) is 10.1 Å². The number of nitrogens with zero attached hydrogens (tertiary/aromatic N) is 3. The minimum absolute atomic E-state index is 0.0423. The van der Waals surface area contributed by atoms with E-state index in [9.17, 15) is 10.1 Å². The fourth-order valence-electron chi connectivity index (χ4n) is 1.39. The molecule has 0 fully saturated rings. The highest BCUT2D eigenvalue weighted by molar-refractivity contribution is 7.18. The summed E-state index contributed by atoms with van der Waals surface area (Å²) in [5.74, 6) is 0.689. The first kappa shape index (κ1) is 13.0. The first-order valence-corrected chi connectivity index (χ1v) is 6.59. The number of alkyl halides is 1. The van der Waals surface area contributed by atoms with Gasteiger partial charge in [0.25, 0.3) is 5.89 Å². The van der Waals surface area contributed by atoms with Gasteiger partial charge >= 0.3 is 5.00 Å². The molecule has 0 aromatic carbocycles. The summed E-state index contributed by atoms with van der Waals surface area (Å²) in [5.41, 5.74) is 0. The van der Waals surface area contributed by atoms with Gasteiger partial charge < -0.3 is 4.52 Å². The van der Waals surface area contributed by atoms with Crippen molar-refractivity contribution in [3.63, 3.8) is 0 Å². The van der Waals surface area contributed by atoms with Crippen LogP contribution in [-0.2, 0) is 0 Å². The SMILES string of the molecule is CCCC(Cl)c1noc(-c2ccc([N+](=O)[O-])s2)n1. The van der Waals surface area contributed by atoms with Gasteiger partial charge in [-0.15, -0.1) is 11.6 Å². The Morgan fingerprint density at radius 2 is 2.39 bits per heavy atom. The Morgan fingerprint density at radius 1 is 1.61 bits per heavy atom. The van der Waals surface area contributed by atoms with E-state index < -0.39 is 4.92 Å². The summed E-state index contributed by atoms with van der Waals surface area (Å²) in [5, 5.41) is 14.1. The molecule has 0 N–H and O–H groups in total. The minimum atomic E-state index is -0.452. The van der Waals surface area contributed by atoms with Gasteiger partial charge in [0, 0.05) is 6.07 Å². The molecule has 18 heavy (non-hydrogen) atoms. The normalized spacial score (nSPS) is 12.6. The largest absolute Gasteiger partial charge is 0.333 e. The van der Waals surface area contributed by atoms with E-state index in [2.05, 4.69) is 10.1 Å². The van der Waals surface area contributed by atoms with E-state index in [4.69, 9.17) is 16.1 Å². The second-order valence-corrected chi connectivity index (χ2v) is 5.20. The van der Waals surface area contributed by atoms with Crippen molar-refractivity contribution in [2.24, 2.45) is 0 Å². The molecule has 0 spiro atoms. The molecule has 0 aliphatic heterocycles. The maximum Gasteiger partial charge on any atom is 0.324 e. The van der Waals surface area contributed by atoms with Gasteiger partial charge in [0.05, 0.1) is 15.2 Å². The maximum absolute atomic E-state index is 10.6. The van der Waals surface area contributed by atoms with Gasteiger partial charge in [0.2, 0.25) is 0 Å². The fourth-order valence-corrected chi connectivity index (χ4v) is 2.43. The van der Waals surface area contributed by atoms with E-state index in [1.807, 2.05) is 6.92 Å². The number of hydrogen-bond acceptors (Lipinski definition) is 6. The lowest BCUT2D eigenvalue weighted by atomic mass is 10.2. The molecule has 2 aromatic rings. The average Bonchev–Trinajstić information content (AvgIpc) is 2.98. The molecule has 2 rings (SSSR count). The molecule has 0 aliphatic rings. The lowest BCUT2D eigenvalue weighted by Gasteiger charge is -1.99. The Kier molecular flexibility index (Phi) is 3.93. The lowest BCUT2D eigenvalue weighted by molar-refractivity contribution is -0.380. The molecule has 2 heterocycles.